The number of halogens is 4. The second-order valence-electron chi connectivity index (χ2n) is 3.45. The van der Waals surface area contributed by atoms with Crippen LogP contribution in [0.25, 0.3) is 0 Å². The largest absolute Gasteiger partial charge is 0.491 e. The first-order chi connectivity index (χ1) is 7.89. The number of carbonyl (C=O) groups is 1. The van der Waals surface area contributed by atoms with Gasteiger partial charge in [-0.15, -0.1) is 0 Å². The van der Waals surface area contributed by atoms with E-state index in [1.54, 1.807) is 11.4 Å². The molecule has 1 amide bonds. The van der Waals surface area contributed by atoms with Gasteiger partial charge in [-0.25, -0.2) is 0 Å². The zero-order valence-corrected chi connectivity index (χ0v) is 9.98. The predicted octanol–water partition coefficient (Wildman–Crippen LogP) is 2.88. The van der Waals surface area contributed by atoms with Crippen molar-refractivity contribution in [1.82, 2.24) is 0 Å². The molecule has 7 heteroatoms. The molecule has 1 N–H and O–H groups in total. The van der Waals surface area contributed by atoms with Gasteiger partial charge < -0.3 is 10.1 Å². The maximum atomic E-state index is 12.1. The van der Waals surface area contributed by atoms with Gasteiger partial charge in [0.05, 0.1) is 12.3 Å². The van der Waals surface area contributed by atoms with Crippen LogP contribution in [0.1, 0.15) is 5.56 Å². The molecule has 92 valence electrons. The lowest BCUT2D eigenvalue weighted by Gasteiger charge is -2.11. The minimum absolute atomic E-state index is 0.0445. The van der Waals surface area contributed by atoms with Gasteiger partial charge in [0.25, 0.3) is 0 Å². The molecule has 0 aliphatic carbocycles. The van der Waals surface area contributed by atoms with Gasteiger partial charge in [0.2, 0.25) is 0 Å². The molecule has 0 unspecified atom stereocenters. The summed E-state index contributed by atoms with van der Waals surface area (Å²) in [4.78, 5) is 10.8. The van der Waals surface area contributed by atoms with Crippen LogP contribution in [0.4, 0.5) is 18.9 Å². The summed E-state index contributed by atoms with van der Waals surface area (Å²) in [5, 5.41) is 1.80. The van der Waals surface area contributed by atoms with Crippen molar-refractivity contribution in [3.05, 3.63) is 22.2 Å². The van der Waals surface area contributed by atoms with E-state index in [0.29, 0.717) is 18.8 Å². The summed E-state index contributed by atoms with van der Waals surface area (Å²) in [7, 11) is 0. The predicted molar refractivity (Wildman–Crippen MR) is 58.0 cm³/mol. The average Bonchev–Trinajstić information content (AvgIpc) is 2.70. The Morgan fingerprint density at radius 2 is 2.12 bits per heavy atom. The summed E-state index contributed by atoms with van der Waals surface area (Å²) >= 11 is 3.27. The summed E-state index contributed by atoms with van der Waals surface area (Å²) in [6.07, 6.45) is -4.30. The number of fused-ring (bicyclic) bond motifs is 1. The highest BCUT2D eigenvalue weighted by molar-refractivity contribution is 9.10. The van der Waals surface area contributed by atoms with Gasteiger partial charge in [-0.05, 0) is 12.1 Å². The number of ether oxygens (including phenoxy) is 1. The molecule has 3 nitrogen and oxygen atoms in total. The zero-order chi connectivity index (χ0) is 12.6. The highest BCUT2D eigenvalue weighted by Gasteiger charge is 2.39. The summed E-state index contributed by atoms with van der Waals surface area (Å²) in [5.41, 5.74) is 0.813. The second-order valence-corrected chi connectivity index (χ2v) is 4.31. The van der Waals surface area contributed by atoms with Crippen LogP contribution in [0, 0.1) is 0 Å². The second kappa shape index (κ2) is 4.21. The molecule has 17 heavy (non-hydrogen) atoms. The first kappa shape index (κ1) is 12.2. The monoisotopic (exact) mass is 309 g/mol. The fraction of sp³-hybridized carbons (Fsp3) is 0.300. The lowest BCUT2D eigenvalue weighted by atomic mass is 10.1. The molecule has 0 fully saturated rings. The molecule has 0 spiro atoms. The van der Waals surface area contributed by atoms with Crippen LogP contribution in [-0.2, 0) is 11.2 Å². The van der Waals surface area contributed by atoms with E-state index in [0.717, 1.165) is 10.0 Å². The Kier molecular flexibility index (Phi) is 3.03. The number of nitrogens with one attached hydrogen (secondary N) is 1. The topological polar surface area (TPSA) is 38.3 Å². The standard InChI is InChI=1S/C10H7BrF3NO2/c11-6-1-2-7(8-5(6)3-4-17-8)15-9(16)10(12,13)14/h1-2H,3-4H2,(H,15,16). The fourth-order valence-corrected chi connectivity index (χ4v) is 2.06. The van der Waals surface area contributed by atoms with Crippen LogP contribution >= 0.6 is 15.9 Å². The Morgan fingerprint density at radius 1 is 1.41 bits per heavy atom. The highest BCUT2D eigenvalue weighted by Crippen LogP contribution is 2.38. The minimum Gasteiger partial charge on any atom is -0.491 e. The van der Waals surface area contributed by atoms with Crippen molar-refractivity contribution in [3.63, 3.8) is 0 Å². The molecule has 1 heterocycles. The molecular formula is C10H7BrF3NO2. The number of hydrogen-bond acceptors (Lipinski definition) is 2. The van der Waals surface area contributed by atoms with Gasteiger partial charge in [0, 0.05) is 16.5 Å². The van der Waals surface area contributed by atoms with E-state index in [9.17, 15) is 18.0 Å². The number of anilines is 1. The SMILES string of the molecule is O=C(Nc1ccc(Br)c2c1OCC2)C(F)(F)F. The van der Waals surface area contributed by atoms with E-state index in [2.05, 4.69) is 15.9 Å². The third-order valence-electron chi connectivity index (χ3n) is 2.31. The lowest BCUT2D eigenvalue weighted by Crippen LogP contribution is -2.30. The van der Waals surface area contributed by atoms with Gasteiger partial charge in [-0.3, -0.25) is 4.79 Å². The van der Waals surface area contributed by atoms with Crippen molar-refractivity contribution in [2.45, 2.75) is 12.6 Å². The van der Waals surface area contributed by atoms with Gasteiger partial charge >= 0.3 is 12.1 Å². The van der Waals surface area contributed by atoms with E-state index in [1.165, 1.54) is 6.07 Å². The van der Waals surface area contributed by atoms with E-state index >= 15 is 0 Å². The van der Waals surface area contributed by atoms with Crippen LogP contribution in [0.3, 0.4) is 0 Å². The maximum absolute atomic E-state index is 12.1. The summed E-state index contributed by atoms with van der Waals surface area (Å²) in [6.45, 7) is 0.396. The number of rotatable bonds is 1. The quantitative estimate of drug-likeness (QED) is 0.866. The highest BCUT2D eigenvalue weighted by atomic mass is 79.9. The first-order valence-corrected chi connectivity index (χ1v) is 5.51. The first-order valence-electron chi connectivity index (χ1n) is 4.72. The molecule has 1 aliphatic heterocycles. The van der Waals surface area contributed by atoms with E-state index in [-0.39, 0.29) is 5.69 Å². The van der Waals surface area contributed by atoms with Crippen LogP contribution in [0.2, 0.25) is 0 Å². The number of carbonyl (C=O) groups excluding carboxylic acids is 1. The van der Waals surface area contributed by atoms with Gasteiger partial charge in [0.1, 0.15) is 5.75 Å². The third kappa shape index (κ3) is 2.38. The van der Waals surface area contributed by atoms with Crippen LogP contribution in [0.5, 0.6) is 5.75 Å². The van der Waals surface area contributed by atoms with E-state index in [1.807, 2.05) is 0 Å². The number of benzene rings is 1. The Balaban J connectivity index is 2.30. The van der Waals surface area contributed by atoms with E-state index in [4.69, 9.17) is 4.74 Å². The number of alkyl halides is 3. The number of hydrogen-bond donors (Lipinski definition) is 1. The van der Waals surface area contributed by atoms with E-state index < -0.39 is 12.1 Å². The number of amides is 1. The van der Waals surface area contributed by atoms with Crippen molar-refractivity contribution < 1.29 is 22.7 Å². The molecule has 0 atom stereocenters. The molecular weight excluding hydrogens is 303 g/mol. The molecule has 2 rings (SSSR count). The molecule has 0 aromatic heterocycles. The minimum atomic E-state index is -4.90. The maximum Gasteiger partial charge on any atom is 0.471 e. The Hall–Kier alpha value is -1.24. The van der Waals surface area contributed by atoms with Crippen molar-refractivity contribution in [1.29, 1.82) is 0 Å². The third-order valence-corrected chi connectivity index (χ3v) is 3.05. The molecule has 0 saturated carbocycles. The Morgan fingerprint density at radius 3 is 2.76 bits per heavy atom. The van der Waals surface area contributed by atoms with Crippen molar-refractivity contribution in [2.75, 3.05) is 11.9 Å². The average molecular weight is 310 g/mol. The van der Waals surface area contributed by atoms with Crippen molar-refractivity contribution in [2.24, 2.45) is 0 Å². The Bertz CT molecular complexity index is 473. The lowest BCUT2D eigenvalue weighted by molar-refractivity contribution is -0.167. The fourth-order valence-electron chi connectivity index (χ4n) is 1.55. The molecule has 0 radical (unpaired) electrons. The van der Waals surface area contributed by atoms with Gasteiger partial charge in [-0.1, -0.05) is 15.9 Å². The zero-order valence-electron chi connectivity index (χ0n) is 8.40. The van der Waals surface area contributed by atoms with Gasteiger partial charge in [0.15, 0.2) is 0 Å². The molecule has 0 saturated heterocycles. The summed E-state index contributed by atoms with van der Waals surface area (Å²) in [6, 6.07) is 2.96. The molecule has 1 aliphatic rings. The smallest absolute Gasteiger partial charge is 0.471 e. The summed E-state index contributed by atoms with van der Waals surface area (Å²) in [5.74, 6) is -1.70. The van der Waals surface area contributed by atoms with Crippen LogP contribution in [-0.4, -0.2) is 18.7 Å². The van der Waals surface area contributed by atoms with Crippen molar-refractivity contribution in [3.8, 4) is 5.75 Å². The van der Waals surface area contributed by atoms with Crippen molar-refractivity contribution >= 4 is 27.5 Å². The molecule has 1 aromatic carbocycles. The summed E-state index contributed by atoms with van der Waals surface area (Å²) < 4.78 is 42.3. The van der Waals surface area contributed by atoms with Gasteiger partial charge in [-0.2, -0.15) is 13.2 Å². The normalized spacial score (nSPS) is 14.1. The van der Waals surface area contributed by atoms with Crippen LogP contribution in [0.15, 0.2) is 16.6 Å². The molecule has 1 aromatic rings. The molecule has 0 bridgehead atoms. The Labute approximate surface area is 103 Å². The van der Waals surface area contributed by atoms with Crippen LogP contribution < -0.4 is 10.1 Å².